The highest BCUT2D eigenvalue weighted by atomic mass is 16.5. The van der Waals surface area contributed by atoms with E-state index in [1.807, 2.05) is 6.08 Å². The standard InChI is InChI=1S/C15H28O2/c1-4-7-14-10-13(3)15(17-14)9-6-5-8-12(2)11-16/h4,12-16H,1,5-11H2,2-3H3/t12-,13-,14-,15-/m0/s1. The molecule has 4 atom stereocenters. The summed E-state index contributed by atoms with van der Waals surface area (Å²) < 4.78 is 6.03. The lowest BCUT2D eigenvalue weighted by Gasteiger charge is -2.15. The quantitative estimate of drug-likeness (QED) is 0.519. The smallest absolute Gasteiger partial charge is 0.0616 e. The second-order valence-corrected chi connectivity index (χ2v) is 5.61. The van der Waals surface area contributed by atoms with Gasteiger partial charge in [0.2, 0.25) is 0 Å². The summed E-state index contributed by atoms with van der Waals surface area (Å²) in [5.74, 6) is 1.14. The van der Waals surface area contributed by atoms with Crippen molar-refractivity contribution in [3.63, 3.8) is 0 Å². The van der Waals surface area contributed by atoms with Crippen molar-refractivity contribution in [2.75, 3.05) is 6.61 Å². The lowest BCUT2D eigenvalue weighted by Crippen LogP contribution is -2.14. The summed E-state index contributed by atoms with van der Waals surface area (Å²) in [5.41, 5.74) is 0. The van der Waals surface area contributed by atoms with Gasteiger partial charge >= 0.3 is 0 Å². The summed E-state index contributed by atoms with van der Waals surface area (Å²) in [7, 11) is 0. The SMILES string of the molecule is C=CC[C@H]1C[C@H](C)[C@H](CCCC[C@H](C)CO)O1. The largest absolute Gasteiger partial charge is 0.396 e. The molecule has 0 radical (unpaired) electrons. The van der Waals surface area contributed by atoms with Gasteiger partial charge in [-0.25, -0.2) is 0 Å². The maximum atomic E-state index is 8.95. The minimum atomic E-state index is 0.317. The number of unbranched alkanes of at least 4 members (excludes halogenated alkanes) is 1. The molecule has 100 valence electrons. The third-order valence-corrected chi connectivity index (χ3v) is 3.81. The molecule has 2 heteroatoms. The fourth-order valence-corrected chi connectivity index (χ4v) is 2.62. The lowest BCUT2D eigenvalue weighted by atomic mass is 9.95. The topological polar surface area (TPSA) is 29.5 Å². The van der Waals surface area contributed by atoms with Gasteiger partial charge in [-0.3, -0.25) is 0 Å². The first-order chi connectivity index (χ1) is 8.17. The van der Waals surface area contributed by atoms with E-state index in [2.05, 4.69) is 20.4 Å². The minimum Gasteiger partial charge on any atom is -0.396 e. The van der Waals surface area contributed by atoms with Crippen LogP contribution in [0.15, 0.2) is 12.7 Å². The fourth-order valence-electron chi connectivity index (χ4n) is 2.62. The highest BCUT2D eigenvalue weighted by molar-refractivity contribution is 4.84. The van der Waals surface area contributed by atoms with Crippen molar-refractivity contribution in [2.45, 2.75) is 64.6 Å². The van der Waals surface area contributed by atoms with Crippen molar-refractivity contribution in [3.05, 3.63) is 12.7 Å². The van der Waals surface area contributed by atoms with Gasteiger partial charge in [0.25, 0.3) is 0 Å². The van der Waals surface area contributed by atoms with Crippen molar-refractivity contribution < 1.29 is 9.84 Å². The lowest BCUT2D eigenvalue weighted by molar-refractivity contribution is 0.0313. The molecule has 0 aromatic carbocycles. The zero-order valence-electron chi connectivity index (χ0n) is 11.4. The van der Waals surface area contributed by atoms with Crippen LogP contribution in [-0.2, 0) is 4.74 Å². The van der Waals surface area contributed by atoms with Crippen LogP contribution in [-0.4, -0.2) is 23.9 Å². The molecule has 0 aromatic rings. The van der Waals surface area contributed by atoms with Crippen LogP contribution in [0.4, 0.5) is 0 Å². The molecule has 0 bridgehead atoms. The van der Waals surface area contributed by atoms with Crippen LogP contribution in [0.25, 0.3) is 0 Å². The summed E-state index contributed by atoms with van der Waals surface area (Å²) in [6.45, 7) is 8.49. The predicted octanol–water partition coefficient (Wildman–Crippen LogP) is 3.54. The molecule has 1 N–H and O–H groups in total. The third kappa shape index (κ3) is 5.22. The van der Waals surface area contributed by atoms with Gasteiger partial charge in [-0.1, -0.05) is 32.8 Å². The van der Waals surface area contributed by atoms with Crippen LogP contribution >= 0.6 is 0 Å². The molecule has 0 amide bonds. The molecule has 0 aliphatic carbocycles. The molecule has 2 nitrogen and oxygen atoms in total. The zero-order valence-corrected chi connectivity index (χ0v) is 11.4. The monoisotopic (exact) mass is 240 g/mol. The Kier molecular flexibility index (Phi) is 6.83. The maximum absolute atomic E-state index is 8.95. The first kappa shape index (κ1) is 14.7. The van der Waals surface area contributed by atoms with E-state index in [-0.39, 0.29) is 0 Å². The van der Waals surface area contributed by atoms with Gasteiger partial charge in [0, 0.05) is 6.61 Å². The Bertz CT molecular complexity index is 215. The van der Waals surface area contributed by atoms with Gasteiger partial charge in [-0.15, -0.1) is 6.58 Å². The van der Waals surface area contributed by atoms with Gasteiger partial charge in [-0.05, 0) is 37.5 Å². The van der Waals surface area contributed by atoms with Crippen LogP contribution < -0.4 is 0 Å². The van der Waals surface area contributed by atoms with Gasteiger partial charge < -0.3 is 9.84 Å². The van der Waals surface area contributed by atoms with Crippen molar-refractivity contribution in [1.29, 1.82) is 0 Å². The molecule has 1 aliphatic heterocycles. The van der Waals surface area contributed by atoms with E-state index in [0.29, 0.717) is 30.7 Å². The first-order valence-corrected chi connectivity index (χ1v) is 7.04. The number of rotatable bonds is 8. The molecule has 1 saturated heterocycles. The second kappa shape index (κ2) is 7.88. The molecule has 1 rings (SSSR count). The van der Waals surface area contributed by atoms with E-state index in [1.54, 1.807) is 0 Å². The Morgan fingerprint density at radius 1 is 1.47 bits per heavy atom. The summed E-state index contributed by atoms with van der Waals surface area (Å²) in [5, 5.41) is 8.95. The van der Waals surface area contributed by atoms with E-state index in [1.165, 1.54) is 25.7 Å². The van der Waals surface area contributed by atoms with Crippen molar-refractivity contribution >= 4 is 0 Å². The average Bonchev–Trinajstić information content (AvgIpc) is 2.65. The molecule has 1 fully saturated rings. The molecule has 0 spiro atoms. The Morgan fingerprint density at radius 2 is 2.24 bits per heavy atom. The number of hydrogen-bond donors (Lipinski definition) is 1. The van der Waals surface area contributed by atoms with Crippen LogP contribution in [0.3, 0.4) is 0 Å². The van der Waals surface area contributed by atoms with Gasteiger partial charge in [0.1, 0.15) is 0 Å². The van der Waals surface area contributed by atoms with E-state index >= 15 is 0 Å². The fraction of sp³-hybridized carbons (Fsp3) is 0.867. The summed E-state index contributed by atoms with van der Waals surface area (Å²) in [6, 6.07) is 0. The van der Waals surface area contributed by atoms with Crippen LogP contribution in [0, 0.1) is 11.8 Å². The number of aliphatic hydroxyl groups excluding tert-OH is 1. The number of hydrogen-bond acceptors (Lipinski definition) is 2. The second-order valence-electron chi connectivity index (χ2n) is 5.61. The summed E-state index contributed by atoms with van der Waals surface area (Å²) in [6.07, 6.45) is 9.73. The average molecular weight is 240 g/mol. The van der Waals surface area contributed by atoms with E-state index < -0.39 is 0 Å². The van der Waals surface area contributed by atoms with E-state index in [9.17, 15) is 0 Å². The molecule has 0 saturated carbocycles. The Labute approximate surface area is 106 Å². The number of aliphatic hydroxyl groups is 1. The highest BCUT2D eigenvalue weighted by Crippen LogP contribution is 2.31. The van der Waals surface area contributed by atoms with E-state index in [4.69, 9.17) is 9.84 Å². The molecule has 1 heterocycles. The summed E-state index contributed by atoms with van der Waals surface area (Å²) in [4.78, 5) is 0. The first-order valence-electron chi connectivity index (χ1n) is 7.04. The molecular weight excluding hydrogens is 212 g/mol. The van der Waals surface area contributed by atoms with Gasteiger partial charge in [-0.2, -0.15) is 0 Å². The Balaban J connectivity index is 2.13. The molecule has 1 aliphatic rings. The highest BCUT2D eigenvalue weighted by Gasteiger charge is 2.30. The molecule has 0 aromatic heterocycles. The summed E-state index contributed by atoms with van der Waals surface area (Å²) >= 11 is 0. The van der Waals surface area contributed by atoms with E-state index in [0.717, 1.165) is 12.8 Å². The Morgan fingerprint density at radius 3 is 2.88 bits per heavy atom. The van der Waals surface area contributed by atoms with Crippen LogP contribution in [0.5, 0.6) is 0 Å². The van der Waals surface area contributed by atoms with Gasteiger partial charge in [0.15, 0.2) is 0 Å². The van der Waals surface area contributed by atoms with Crippen LogP contribution in [0.1, 0.15) is 52.4 Å². The van der Waals surface area contributed by atoms with Crippen molar-refractivity contribution in [2.24, 2.45) is 11.8 Å². The molecular formula is C15H28O2. The molecule has 17 heavy (non-hydrogen) atoms. The van der Waals surface area contributed by atoms with Gasteiger partial charge in [0.05, 0.1) is 12.2 Å². The third-order valence-electron chi connectivity index (χ3n) is 3.81. The zero-order chi connectivity index (χ0) is 12.7. The predicted molar refractivity (Wildman–Crippen MR) is 72.0 cm³/mol. The maximum Gasteiger partial charge on any atom is 0.0616 e. The minimum absolute atomic E-state index is 0.317. The van der Waals surface area contributed by atoms with Crippen molar-refractivity contribution in [1.82, 2.24) is 0 Å². The van der Waals surface area contributed by atoms with Crippen molar-refractivity contribution in [3.8, 4) is 0 Å². The Hall–Kier alpha value is -0.340. The van der Waals surface area contributed by atoms with Crippen LogP contribution in [0.2, 0.25) is 0 Å². The molecule has 0 unspecified atom stereocenters. The normalized spacial score (nSPS) is 30.4. The number of ether oxygens (including phenoxy) is 1.